The van der Waals surface area contributed by atoms with Crippen LogP contribution in [0.15, 0.2) is 22.8 Å². The van der Waals surface area contributed by atoms with Gasteiger partial charge >= 0.3 is 0 Å². The van der Waals surface area contributed by atoms with Crippen LogP contribution in [0.25, 0.3) is 5.88 Å². The number of aryl methyl sites for hydroxylation is 1. The van der Waals surface area contributed by atoms with Gasteiger partial charge in [0.25, 0.3) is 0 Å². The van der Waals surface area contributed by atoms with Gasteiger partial charge < -0.3 is 4.42 Å². The van der Waals surface area contributed by atoms with Gasteiger partial charge in [0.05, 0.1) is 6.26 Å². The van der Waals surface area contributed by atoms with Crippen LogP contribution in [-0.4, -0.2) is 14.8 Å². The van der Waals surface area contributed by atoms with Gasteiger partial charge in [0.2, 0.25) is 10.7 Å². The Hall–Kier alpha value is -1.36. The van der Waals surface area contributed by atoms with Crippen LogP contribution in [0.2, 0.25) is 0 Å². The fraction of sp³-hybridized carbons (Fsp3) is 0.739. The van der Waals surface area contributed by atoms with Crippen LogP contribution >= 0.6 is 12.2 Å². The van der Waals surface area contributed by atoms with E-state index in [0.717, 1.165) is 24.6 Å². The third kappa shape index (κ3) is 8.76. The summed E-state index contributed by atoms with van der Waals surface area (Å²) in [7, 11) is 0. The summed E-state index contributed by atoms with van der Waals surface area (Å²) in [5.74, 6) is 1.71. The van der Waals surface area contributed by atoms with Gasteiger partial charge in [-0.3, -0.25) is 5.10 Å². The number of nitrogens with zero attached hydrogens (tertiary/aromatic N) is 2. The zero-order valence-electron chi connectivity index (χ0n) is 17.8. The predicted molar refractivity (Wildman–Crippen MR) is 120 cm³/mol. The Morgan fingerprint density at radius 1 is 0.857 bits per heavy atom. The second kappa shape index (κ2) is 14.6. The normalized spacial score (nSPS) is 11.3. The van der Waals surface area contributed by atoms with Crippen LogP contribution in [0.3, 0.4) is 0 Å². The van der Waals surface area contributed by atoms with E-state index in [9.17, 15) is 0 Å². The van der Waals surface area contributed by atoms with Gasteiger partial charge in [-0.2, -0.15) is 5.10 Å². The van der Waals surface area contributed by atoms with Crippen molar-refractivity contribution in [2.24, 2.45) is 0 Å². The molecule has 4 nitrogen and oxygen atoms in total. The fourth-order valence-electron chi connectivity index (χ4n) is 3.78. The van der Waals surface area contributed by atoms with E-state index in [1.807, 2.05) is 16.7 Å². The number of unbranched alkanes of at least 4 members (excludes halogenated alkanes) is 14. The second-order valence-corrected chi connectivity index (χ2v) is 8.32. The van der Waals surface area contributed by atoms with Crippen molar-refractivity contribution in [3.63, 3.8) is 0 Å². The van der Waals surface area contributed by atoms with Crippen molar-refractivity contribution in [2.75, 3.05) is 0 Å². The van der Waals surface area contributed by atoms with Gasteiger partial charge in [-0.15, -0.1) is 0 Å². The molecule has 0 unspecified atom stereocenters. The molecule has 0 atom stereocenters. The minimum Gasteiger partial charge on any atom is -0.448 e. The number of nitrogens with one attached hydrogen (secondary N) is 1. The van der Waals surface area contributed by atoms with Gasteiger partial charge in [0, 0.05) is 12.5 Å². The smallest absolute Gasteiger partial charge is 0.207 e. The van der Waals surface area contributed by atoms with E-state index in [-0.39, 0.29) is 0 Å². The van der Waals surface area contributed by atoms with Gasteiger partial charge in [-0.25, -0.2) is 4.57 Å². The van der Waals surface area contributed by atoms with Gasteiger partial charge in [-0.05, 0) is 24.7 Å². The Labute approximate surface area is 176 Å². The molecule has 1 N–H and O–H groups in total. The van der Waals surface area contributed by atoms with E-state index >= 15 is 0 Å². The topological polar surface area (TPSA) is 46.8 Å². The number of aromatic amines is 1. The third-order valence-corrected chi connectivity index (χ3v) is 5.75. The molecule has 5 heteroatoms. The number of furan rings is 1. The molecule has 2 rings (SSSR count). The first-order valence-corrected chi connectivity index (χ1v) is 11.9. The van der Waals surface area contributed by atoms with E-state index in [4.69, 9.17) is 16.6 Å². The van der Waals surface area contributed by atoms with Crippen molar-refractivity contribution in [2.45, 2.75) is 110 Å². The first-order chi connectivity index (χ1) is 13.8. The van der Waals surface area contributed by atoms with Crippen molar-refractivity contribution in [1.82, 2.24) is 14.8 Å². The van der Waals surface area contributed by atoms with Crippen LogP contribution in [-0.2, 0) is 6.42 Å². The van der Waals surface area contributed by atoms with Crippen LogP contribution in [0, 0.1) is 4.77 Å². The molecular weight excluding hydrogens is 366 g/mol. The average molecular weight is 406 g/mol. The summed E-state index contributed by atoms with van der Waals surface area (Å²) in [5, 5.41) is 7.24. The van der Waals surface area contributed by atoms with Crippen molar-refractivity contribution in [3.8, 4) is 5.88 Å². The lowest BCUT2D eigenvalue weighted by Gasteiger charge is -2.04. The quantitative estimate of drug-likeness (QED) is 0.215. The molecule has 0 aliphatic rings. The summed E-state index contributed by atoms with van der Waals surface area (Å²) in [5.41, 5.74) is 0. The standard InChI is InChI=1S/C23H39N3OS/c1-2-3-4-5-6-7-8-9-10-11-12-13-14-15-16-18-21-24-25-23(28)26(21)22-19-17-20-27-22/h17,19-20H,2-16,18H2,1H3,(H,25,28). The molecule has 0 saturated heterocycles. The number of hydrogen-bond acceptors (Lipinski definition) is 3. The summed E-state index contributed by atoms with van der Waals surface area (Å²) in [4.78, 5) is 0. The van der Waals surface area contributed by atoms with E-state index in [1.165, 1.54) is 89.9 Å². The predicted octanol–water partition coefficient (Wildman–Crippen LogP) is 7.94. The molecule has 0 fully saturated rings. The molecule has 0 spiro atoms. The van der Waals surface area contributed by atoms with Crippen molar-refractivity contribution in [3.05, 3.63) is 29.0 Å². The minimum absolute atomic E-state index is 0.603. The molecule has 28 heavy (non-hydrogen) atoms. The maximum Gasteiger partial charge on any atom is 0.207 e. The van der Waals surface area contributed by atoms with Crippen LogP contribution in [0.4, 0.5) is 0 Å². The van der Waals surface area contributed by atoms with E-state index in [0.29, 0.717) is 4.77 Å². The Morgan fingerprint density at radius 2 is 1.39 bits per heavy atom. The summed E-state index contributed by atoms with van der Waals surface area (Å²) in [6.07, 6.45) is 23.3. The Kier molecular flexibility index (Phi) is 12.0. The van der Waals surface area contributed by atoms with E-state index in [1.54, 1.807) is 6.26 Å². The maximum atomic E-state index is 5.46. The fourth-order valence-corrected chi connectivity index (χ4v) is 4.02. The minimum atomic E-state index is 0.603. The molecule has 0 amide bonds. The lowest BCUT2D eigenvalue weighted by Crippen LogP contribution is -2.00. The van der Waals surface area contributed by atoms with Gasteiger partial charge in [0.1, 0.15) is 5.82 Å². The zero-order valence-corrected chi connectivity index (χ0v) is 18.6. The molecule has 0 radical (unpaired) electrons. The van der Waals surface area contributed by atoms with Crippen molar-refractivity contribution < 1.29 is 4.42 Å². The second-order valence-electron chi connectivity index (χ2n) is 7.93. The highest BCUT2D eigenvalue weighted by Gasteiger charge is 2.09. The Balaban J connectivity index is 1.42. The monoisotopic (exact) mass is 405 g/mol. The molecule has 0 bridgehead atoms. The number of hydrogen-bond donors (Lipinski definition) is 1. The summed E-state index contributed by atoms with van der Waals surface area (Å²) < 4.78 is 7.97. The summed E-state index contributed by atoms with van der Waals surface area (Å²) in [6, 6.07) is 3.79. The highest BCUT2D eigenvalue weighted by Crippen LogP contribution is 2.16. The van der Waals surface area contributed by atoms with Crippen molar-refractivity contribution >= 4 is 12.2 Å². The number of H-pyrrole nitrogens is 1. The highest BCUT2D eigenvalue weighted by atomic mass is 32.1. The van der Waals surface area contributed by atoms with Crippen LogP contribution in [0.1, 0.15) is 109 Å². The molecule has 0 aliphatic heterocycles. The molecule has 2 aromatic heterocycles. The molecule has 2 aromatic rings. The molecule has 0 aromatic carbocycles. The third-order valence-electron chi connectivity index (χ3n) is 5.47. The van der Waals surface area contributed by atoms with Crippen LogP contribution in [0.5, 0.6) is 0 Å². The Bertz CT molecular complexity index is 660. The number of rotatable bonds is 17. The van der Waals surface area contributed by atoms with Gasteiger partial charge in [0.15, 0.2) is 0 Å². The molecule has 2 heterocycles. The average Bonchev–Trinajstić information content (AvgIpc) is 3.34. The molecule has 0 saturated carbocycles. The first kappa shape index (κ1) is 22.9. The SMILES string of the molecule is CCCCCCCCCCCCCCCCCc1n[nH]c(=S)n1-c1ccco1. The molecular formula is C23H39N3OS. The lowest BCUT2D eigenvalue weighted by atomic mass is 10.0. The zero-order chi connectivity index (χ0) is 19.9. The largest absolute Gasteiger partial charge is 0.448 e. The maximum absolute atomic E-state index is 5.46. The summed E-state index contributed by atoms with van der Waals surface area (Å²) in [6.45, 7) is 2.29. The van der Waals surface area contributed by atoms with E-state index in [2.05, 4.69) is 17.1 Å². The molecule has 158 valence electrons. The molecule has 0 aliphatic carbocycles. The highest BCUT2D eigenvalue weighted by molar-refractivity contribution is 7.71. The lowest BCUT2D eigenvalue weighted by molar-refractivity contribution is 0.521. The van der Waals surface area contributed by atoms with Crippen molar-refractivity contribution in [1.29, 1.82) is 0 Å². The summed E-state index contributed by atoms with van der Waals surface area (Å²) >= 11 is 5.32. The van der Waals surface area contributed by atoms with Gasteiger partial charge in [-0.1, -0.05) is 96.8 Å². The number of aromatic nitrogens is 3. The first-order valence-electron chi connectivity index (χ1n) is 11.5. The van der Waals surface area contributed by atoms with Crippen LogP contribution < -0.4 is 0 Å². The van der Waals surface area contributed by atoms with E-state index < -0.39 is 0 Å². The Morgan fingerprint density at radius 3 is 1.89 bits per heavy atom.